The number of aliphatic hydroxyl groups excluding tert-OH is 1. The van der Waals surface area contributed by atoms with E-state index in [4.69, 9.17) is 15.6 Å². The first kappa shape index (κ1) is 19.7. The molecule has 9 heteroatoms. The van der Waals surface area contributed by atoms with Gasteiger partial charge in [0.2, 0.25) is 0 Å². The van der Waals surface area contributed by atoms with Crippen LogP contribution in [0.25, 0.3) is 10.1 Å². The fourth-order valence-corrected chi connectivity index (χ4v) is 4.12. The molecular formula is C18H15BrF2N2O3S. The Morgan fingerprint density at radius 3 is 2.70 bits per heavy atom. The molecule has 0 bridgehead atoms. The fraction of sp³-hybridized carbons (Fsp3) is 0.222. The van der Waals surface area contributed by atoms with Crippen molar-refractivity contribution in [1.29, 1.82) is 0 Å². The van der Waals surface area contributed by atoms with Gasteiger partial charge in [0, 0.05) is 34.6 Å². The maximum absolute atomic E-state index is 13.9. The van der Waals surface area contributed by atoms with Gasteiger partial charge in [0.15, 0.2) is 23.2 Å². The van der Waals surface area contributed by atoms with Crippen molar-refractivity contribution in [3.8, 4) is 5.75 Å². The molecule has 0 atom stereocenters. The number of hydrogen-bond donors (Lipinski definition) is 2. The van der Waals surface area contributed by atoms with E-state index in [1.165, 1.54) is 17.5 Å². The molecule has 3 N–H and O–H groups in total. The summed E-state index contributed by atoms with van der Waals surface area (Å²) in [6, 6.07) is 2.22. The van der Waals surface area contributed by atoms with E-state index in [2.05, 4.69) is 20.9 Å². The third kappa shape index (κ3) is 4.10. The van der Waals surface area contributed by atoms with Crippen molar-refractivity contribution < 1.29 is 23.4 Å². The zero-order chi connectivity index (χ0) is 19.6. The molecule has 0 aliphatic rings. The number of hydrogen-bond acceptors (Lipinski definition) is 6. The van der Waals surface area contributed by atoms with Crippen LogP contribution in [-0.4, -0.2) is 22.5 Å². The monoisotopic (exact) mass is 456 g/mol. The number of fused-ring (bicyclic) bond motifs is 1. The zero-order valence-corrected chi connectivity index (χ0v) is 16.4. The summed E-state index contributed by atoms with van der Waals surface area (Å²) in [6.45, 7) is -0.208. The average molecular weight is 457 g/mol. The van der Waals surface area contributed by atoms with Gasteiger partial charge in [-0.15, -0.1) is 11.3 Å². The molecular weight excluding hydrogens is 442 g/mol. The number of nitrogens with zero attached hydrogens (tertiary/aromatic N) is 1. The fourth-order valence-electron chi connectivity index (χ4n) is 2.63. The largest absolute Gasteiger partial charge is 0.483 e. The van der Waals surface area contributed by atoms with Gasteiger partial charge in [-0.05, 0) is 23.9 Å². The van der Waals surface area contributed by atoms with E-state index in [1.807, 2.05) is 0 Å². The van der Waals surface area contributed by atoms with Crippen molar-refractivity contribution in [2.45, 2.75) is 19.4 Å². The van der Waals surface area contributed by atoms with E-state index >= 15 is 0 Å². The second-order valence-electron chi connectivity index (χ2n) is 5.76. The van der Waals surface area contributed by atoms with Crippen LogP contribution in [0.3, 0.4) is 0 Å². The first-order valence-electron chi connectivity index (χ1n) is 7.98. The average Bonchev–Trinajstić information content (AvgIpc) is 3.04. The molecule has 0 radical (unpaired) electrons. The quantitative estimate of drug-likeness (QED) is 0.512. The summed E-state index contributed by atoms with van der Waals surface area (Å²) in [6.07, 6.45) is 1.96. The van der Waals surface area contributed by atoms with Crippen molar-refractivity contribution in [3.05, 3.63) is 50.9 Å². The third-order valence-electron chi connectivity index (χ3n) is 3.90. The van der Waals surface area contributed by atoms with Crippen LogP contribution in [0.4, 0.5) is 14.6 Å². The van der Waals surface area contributed by atoms with Crippen LogP contribution in [0.15, 0.2) is 28.2 Å². The molecule has 0 aliphatic carbocycles. The number of aliphatic hydroxyl groups is 1. The summed E-state index contributed by atoms with van der Waals surface area (Å²) in [5, 5.41) is 11.2. The number of halogens is 3. The highest BCUT2D eigenvalue weighted by Crippen LogP contribution is 2.34. The highest BCUT2D eigenvalue weighted by Gasteiger charge is 2.19. The number of nitrogens with two attached hydrogens (primary N) is 1. The van der Waals surface area contributed by atoms with E-state index in [9.17, 15) is 13.6 Å². The van der Waals surface area contributed by atoms with Crippen molar-refractivity contribution in [2.75, 3.05) is 12.3 Å². The second kappa shape index (κ2) is 8.28. The smallest absolute Gasteiger partial charge is 0.191 e. The van der Waals surface area contributed by atoms with Gasteiger partial charge in [0.1, 0.15) is 12.4 Å². The molecule has 0 saturated heterocycles. The number of Topliss-reactive ketones (excluding diaryl/α,β-unsaturated/α-hetero) is 1. The number of aromatic nitrogens is 1. The van der Waals surface area contributed by atoms with Gasteiger partial charge in [0.05, 0.1) is 10.3 Å². The standard InChI is InChI=1S/C18H15BrF2N2O3S/c19-10-4-12(20)16(13(21)5-10)26-7-9-8-27-17-11(14(25)2-1-3-24)6-23-18(22)15(9)17/h4-6,8,24H,1-3,7H2,(H2,22,23). The van der Waals surface area contributed by atoms with Crippen LogP contribution in [0.1, 0.15) is 28.8 Å². The van der Waals surface area contributed by atoms with E-state index in [-0.39, 0.29) is 35.7 Å². The van der Waals surface area contributed by atoms with Gasteiger partial charge in [-0.1, -0.05) is 15.9 Å². The van der Waals surface area contributed by atoms with Crippen LogP contribution >= 0.6 is 27.3 Å². The van der Waals surface area contributed by atoms with Crippen LogP contribution in [-0.2, 0) is 6.61 Å². The maximum Gasteiger partial charge on any atom is 0.191 e. The molecule has 27 heavy (non-hydrogen) atoms. The molecule has 3 aromatic rings. The summed E-state index contributed by atoms with van der Waals surface area (Å²) in [5.74, 6) is -2.08. The number of thiophene rings is 1. The third-order valence-corrected chi connectivity index (χ3v) is 5.42. The number of carbonyl (C=O) groups excluding carboxylic acids is 1. The molecule has 142 valence electrons. The van der Waals surface area contributed by atoms with Crippen molar-refractivity contribution in [1.82, 2.24) is 4.98 Å². The van der Waals surface area contributed by atoms with Gasteiger partial charge >= 0.3 is 0 Å². The van der Waals surface area contributed by atoms with Gasteiger partial charge < -0.3 is 15.6 Å². The molecule has 0 spiro atoms. The predicted molar refractivity (Wildman–Crippen MR) is 103 cm³/mol. The normalized spacial score (nSPS) is 11.1. The van der Waals surface area contributed by atoms with Crippen LogP contribution in [0, 0.1) is 11.6 Å². The molecule has 0 fully saturated rings. The Balaban J connectivity index is 1.91. The van der Waals surface area contributed by atoms with Crippen molar-refractivity contribution in [2.24, 2.45) is 0 Å². The SMILES string of the molecule is Nc1ncc(C(=O)CCCO)c2scc(COc3c(F)cc(Br)cc3F)c12. The topological polar surface area (TPSA) is 85.4 Å². The number of nitrogen functional groups attached to an aromatic ring is 1. The zero-order valence-electron chi connectivity index (χ0n) is 14.0. The molecule has 0 unspecified atom stereocenters. The minimum absolute atomic E-state index is 0.0782. The summed E-state index contributed by atoms with van der Waals surface area (Å²) >= 11 is 4.30. The number of benzene rings is 1. The lowest BCUT2D eigenvalue weighted by Gasteiger charge is -2.09. The summed E-state index contributed by atoms with van der Waals surface area (Å²) < 4.78 is 34.1. The lowest BCUT2D eigenvalue weighted by molar-refractivity contribution is 0.0972. The lowest BCUT2D eigenvalue weighted by Crippen LogP contribution is -2.04. The Labute approximate surface area is 165 Å². The Bertz CT molecular complexity index is 987. The summed E-state index contributed by atoms with van der Waals surface area (Å²) in [5.41, 5.74) is 6.94. The number of anilines is 1. The molecule has 0 amide bonds. The molecule has 2 heterocycles. The number of ketones is 1. The van der Waals surface area contributed by atoms with E-state index in [0.29, 0.717) is 27.6 Å². The van der Waals surface area contributed by atoms with Gasteiger partial charge in [-0.25, -0.2) is 13.8 Å². The van der Waals surface area contributed by atoms with Gasteiger partial charge in [-0.2, -0.15) is 0 Å². The minimum atomic E-state index is -0.827. The summed E-state index contributed by atoms with van der Waals surface area (Å²) in [4.78, 5) is 16.4. The second-order valence-corrected chi connectivity index (χ2v) is 7.56. The van der Waals surface area contributed by atoms with Gasteiger partial charge in [-0.3, -0.25) is 4.79 Å². The number of rotatable bonds is 7. The molecule has 3 rings (SSSR count). The van der Waals surface area contributed by atoms with Gasteiger partial charge in [0.25, 0.3) is 0 Å². The first-order valence-corrected chi connectivity index (χ1v) is 9.65. The van der Waals surface area contributed by atoms with E-state index < -0.39 is 17.4 Å². The number of pyridine rings is 1. The van der Waals surface area contributed by atoms with Crippen LogP contribution in [0.5, 0.6) is 5.75 Å². The van der Waals surface area contributed by atoms with E-state index in [1.54, 1.807) is 5.38 Å². The number of ether oxygens (including phenoxy) is 1. The molecule has 2 aromatic heterocycles. The highest BCUT2D eigenvalue weighted by atomic mass is 79.9. The minimum Gasteiger partial charge on any atom is -0.483 e. The maximum atomic E-state index is 13.9. The molecule has 5 nitrogen and oxygen atoms in total. The molecule has 0 aliphatic heterocycles. The Kier molecular flexibility index (Phi) is 6.03. The van der Waals surface area contributed by atoms with Crippen molar-refractivity contribution >= 4 is 49.0 Å². The summed E-state index contributed by atoms with van der Waals surface area (Å²) in [7, 11) is 0. The van der Waals surface area contributed by atoms with Crippen LogP contribution < -0.4 is 10.5 Å². The highest BCUT2D eigenvalue weighted by molar-refractivity contribution is 9.10. The van der Waals surface area contributed by atoms with Crippen LogP contribution in [0.2, 0.25) is 0 Å². The van der Waals surface area contributed by atoms with E-state index in [0.717, 1.165) is 12.1 Å². The predicted octanol–water partition coefficient (Wildman–Crippen LogP) is 4.45. The number of carbonyl (C=O) groups is 1. The lowest BCUT2D eigenvalue weighted by atomic mass is 10.1. The Morgan fingerprint density at radius 1 is 1.33 bits per heavy atom. The van der Waals surface area contributed by atoms with Crippen molar-refractivity contribution in [3.63, 3.8) is 0 Å². The Morgan fingerprint density at radius 2 is 2.04 bits per heavy atom. The molecule has 1 aromatic carbocycles. The Hall–Kier alpha value is -2.10. The molecule has 0 saturated carbocycles. The first-order chi connectivity index (χ1) is 12.9.